The summed E-state index contributed by atoms with van der Waals surface area (Å²) >= 11 is 0. The van der Waals surface area contributed by atoms with Gasteiger partial charge in [0.1, 0.15) is 11.7 Å². The van der Waals surface area contributed by atoms with Gasteiger partial charge in [-0.25, -0.2) is 9.78 Å². The maximum absolute atomic E-state index is 11.8. The largest absolute Gasteiger partial charge is 0.480 e. The van der Waals surface area contributed by atoms with Gasteiger partial charge in [0, 0.05) is 7.05 Å². The summed E-state index contributed by atoms with van der Waals surface area (Å²) in [5.74, 6) is -1.51. The summed E-state index contributed by atoms with van der Waals surface area (Å²) in [5, 5.41) is 8.76. The van der Waals surface area contributed by atoms with E-state index in [1.165, 1.54) is 26.2 Å². The zero-order valence-electron chi connectivity index (χ0n) is 9.04. The van der Waals surface area contributed by atoms with Gasteiger partial charge in [-0.05, 0) is 19.1 Å². The summed E-state index contributed by atoms with van der Waals surface area (Å²) < 4.78 is 0. The number of pyridine rings is 1. The van der Waals surface area contributed by atoms with E-state index in [1.807, 2.05) is 0 Å². The molecule has 16 heavy (non-hydrogen) atoms. The molecule has 1 heterocycles. The van der Waals surface area contributed by atoms with E-state index in [0.29, 0.717) is 5.69 Å². The molecule has 0 spiro atoms. The number of carbonyl (C=O) groups is 2. The lowest BCUT2D eigenvalue weighted by Crippen LogP contribution is -2.40. The third kappa shape index (κ3) is 2.47. The Labute approximate surface area is 92.7 Å². The first-order chi connectivity index (χ1) is 7.43. The van der Waals surface area contributed by atoms with Gasteiger partial charge in [0.2, 0.25) is 0 Å². The van der Waals surface area contributed by atoms with E-state index < -0.39 is 17.9 Å². The Morgan fingerprint density at radius 2 is 2.12 bits per heavy atom. The Kier molecular flexibility index (Phi) is 3.44. The number of hydrogen-bond donors (Lipinski definition) is 2. The van der Waals surface area contributed by atoms with Gasteiger partial charge in [-0.15, -0.1) is 0 Å². The second-order valence-corrected chi connectivity index (χ2v) is 3.41. The van der Waals surface area contributed by atoms with Crippen LogP contribution in [0.1, 0.15) is 17.4 Å². The van der Waals surface area contributed by atoms with Crippen LogP contribution in [-0.4, -0.2) is 40.0 Å². The van der Waals surface area contributed by atoms with Crippen LogP contribution in [0.3, 0.4) is 0 Å². The van der Waals surface area contributed by atoms with Crippen molar-refractivity contribution in [3.05, 3.63) is 24.0 Å². The van der Waals surface area contributed by atoms with E-state index in [4.69, 9.17) is 10.8 Å². The molecule has 6 nitrogen and oxygen atoms in total. The Morgan fingerprint density at radius 3 is 2.56 bits per heavy atom. The van der Waals surface area contributed by atoms with Crippen LogP contribution in [0.25, 0.3) is 0 Å². The Hall–Kier alpha value is -2.11. The first-order valence-electron chi connectivity index (χ1n) is 4.65. The molecular weight excluding hydrogens is 210 g/mol. The molecule has 0 fully saturated rings. The summed E-state index contributed by atoms with van der Waals surface area (Å²) in [6.45, 7) is 1.43. The number of amides is 1. The number of aliphatic carboxylic acids is 1. The van der Waals surface area contributed by atoms with Crippen LogP contribution in [0.2, 0.25) is 0 Å². The Morgan fingerprint density at radius 1 is 1.50 bits per heavy atom. The summed E-state index contributed by atoms with van der Waals surface area (Å²) in [7, 11) is 1.42. The number of nitrogens with two attached hydrogens (primary N) is 1. The highest BCUT2D eigenvalue weighted by Gasteiger charge is 2.23. The van der Waals surface area contributed by atoms with Crippen molar-refractivity contribution < 1.29 is 14.7 Å². The molecule has 0 saturated carbocycles. The molecule has 0 bridgehead atoms. The van der Waals surface area contributed by atoms with Crippen LogP contribution in [0.15, 0.2) is 18.3 Å². The summed E-state index contributed by atoms with van der Waals surface area (Å²) in [6, 6.07) is 2.11. The van der Waals surface area contributed by atoms with Gasteiger partial charge in [-0.2, -0.15) is 0 Å². The Balaban J connectivity index is 2.86. The zero-order valence-corrected chi connectivity index (χ0v) is 9.04. The molecule has 0 aliphatic carbocycles. The molecule has 3 N–H and O–H groups in total. The molecule has 1 unspecified atom stereocenters. The lowest BCUT2D eigenvalue weighted by Gasteiger charge is -2.20. The van der Waals surface area contributed by atoms with E-state index >= 15 is 0 Å². The number of carboxylic acids is 1. The predicted octanol–water partition coefficient (Wildman–Crippen LogP) is 0.209. The Bertz CT molecular complexity index is 402. The molecule has 1 aromatic heterocycles. The minimum Gasteiger partial charge on any atom is -0.480 e. The fourth-order valence-electron chi connectivity index (χ4n) is 1.05. The van der Waals surface area contributed by atoms with Crippen molar-refractivity contribution in [1.29, 1.82) is 0 Å². The van der Waals surface area contributed by atoms with Crippen LogP contribution in [0.5, 0.6) is 0 Å². The fraction of sp³-hybridized carbons (Fsp3) is 0.300. The number of nitrogen functional groups attached to an aromatic ring is 1. The second-order valence-electron chi connectivity index (χ2n) is 3.41. The maximum Gasteiger partial charge on any atom is 0.326 e. The zero-order chi connectivity index (χ0) is 12.3. The van der Waals surface area contributed by atoms with Gasteiger partial charge in [0.15, 0.2) is 0 Å². The number of carboxylic acid groups (broad SMARTS) is 1. The molecule has 1 atom stereocenters. The molecular formula is C10H13N3O3. The molecule has 1 aromatic rings. The number of rotatable bonds is 3. The highest BCUT2D eigenvalue weighted by atomic mass is 16.4. The highest BCUT2D eigenvalue weighted by Crippen LogP contribution is 2.06. The third-order valence-electron chi connectivity index (χ3n) is 2.26. The van der Waals surface area contributed by atoms with Crippen LogP contribution in [0.4, 0.5) is 5.69 Å². The van der Waals surface area contributed by atoms with E-state index in [2.05, 4.69) is 4.98 Å². The van der Waals surface area contributed by atoms with Crippen molar-refractivity contribution in [2.45, 2.75) is 13.0 Å². The second kappa shape index (κ2) is 4.61. The quantitative estimate of drug-likeness (QED) is 0.763. The van der Waals surface area contributed by atoms with Crippen molar-refractivity contribution in [2.24, 2.45) is 0 Å². The standard InChI is InChI=1S/C10H13N3O3/c1-6(10(15)16)13(2)9(14)8-4-3-7(11)5-12-8/h3-6H,11H2,1-2H3,(H,15,16). The van der Waals surface area contributed by atoms with Crippen molar-refractivity contribution >= 4 is 17.6 Å². The van der Waals surface area contributed by atoms with Gasteiger partial charge < -0.3 is 15.7 Å². The fourth-order valence-corrected chi connectivity index (χ4v) is 1.05. The molecule has 0 radical (unpaired) electrons. The maximum atomic E-state index is 11.8. The summed E-state index contributed by atoms with van der Waals surface area (Å²) in [5.41, 5.74) is 6.05. The normalized spacial score (nSPS) is 11.9. The molecule has 0 aliphatic heterocycles. The third-order valence-corrected chi connectivity index (χ3v) is 2.26. The molecule has 86 valence electrons. The van der Waals surface area contributed by atoms with Gasteiger partial charge >= 0.3 is 5.97 Å². The average Bonchev–Trinajstić information content (AvgIpc) is 2.27. The number of aromatic nitrogens is 1. The van der Waals surface area contributed by atoms with Gasteiger partial charge in [-0.3, -0.25) is 4.79 Å². The van der Waals surface area contributed by atoms with Gasteiger partial charge in [0.05, 0.1) is 11.9 Å². The lowest BCUT2D eigenvalue weighted by atomic mass is 10.2. The monoisotopic (exact) mass is 223 g/mol. The van der Waals surface area contributed by atoms with E-state index in [0.717, 1.165) is 4.90 Å². The minimum absolute atomic E-state index is 0.171. The van der Waals surface area contributed by atoms with Gasteiger partial charge in [0.25, 0.3) is 5.91 Å². The van der Waals surface area contributed by atoms with Crippen molar-refractivity contribution in [2.75, 3.05) is 12.8 Å². The lowest BCUT2D eigenvalue weighted by molar-refractivity contribution is -0.141. The molecule has 0 aliphatic rings. The summed E-state index contributed by atoms with van der Waals surface area (Å²) in [4.78, 5) is 27.4. The molecule has 1 rings (SSSR count). The van der Waals surface area contributed by atoms with E-state index in [9.17, 15) is 9.59 Å². The van der Waals surface area contributed by atoms with E-state index in [1.54, 1.807) is 6.07 Å². The smallest absolute Gasteiger partial charge is 0.326 e. The number of nitrogens with zero attached hydrogens (tertiary/aromatic N) is 2. The van der Waals surface area contributed by atoms with E-state index in [-0.39, 0.29) is 5.69 Å². The van der Waals surface area contributed by atoms with Crippen molar-refractivity contribution in [1.82, 2.24) is 9.88 Å². The number of carbonyl (C=O) groups excluding carboxylic acids is 1. The van der Waals surface area contributed by atoms with Crippen LogP contribution in [0, 0.1) is 0 Å². The molecule has 0 saturated heterocycles. The summed E-state index contributed by atoms with van der Waals surface area (Å²) in [6.07, 6.45) is 1.35. The van der Waals surface area contributed by atoms with Crippen molar-refractivity contribution in [3.63, 3.8) is 0 Å². The molecule has 1 amide bonds. The number of anilines is 1. The first-order valence-corrected chi connectivity index (χ1v) is 4.65. The van der Waals surface area contributed by atoms with Crippen molar-refractivity contribution in [3.8, 4) is 0 Å². The van der Waals surface area contributed by atoms with Crippen LogP contribution < -0.4 is 5.73 Å². The first kappa shape index (κ1) is 12.0. The topological polar surface area (TPSA) is 96.5 Å². The highest BCUT2D eigenvalue weighted by molar-refractivity contribution is 5.94. The molecule has 6 heteroatoms. The van der Waals surface area contributed by atoms with Gasteiger partial charge in [-0.1, -0.05) is 0 Å². The van der Waals surface area contributed by atoms with Crippen LogP contribution >= 0.6 is 0 Å². The molecule has 0 aromatic carbocycles. The number of hydrogen-bond acceptors (Lipinski definition) is 4. The average molecular weight is 223 g/mol. The predicted molar refractivity (Wildman–Crippen MR) is 57.8 cm³/mol. The SMILES string of the molecule is CC(C(=O)O)N(C)C(=O)c1ccc(N)cn1. The number of likely N-dealkylation sites (N-methyl/N-ethyl adjacent to an activating group) is 1. The minimum atomic E-state index is -1.06. The van der Waals surface area contributed by atoms with Crippen LogP contribution in [-0.2, 0) is 4.79 Å².